The van der Waals surface area contributed by atoms with Crippen LogP contribution in [0.25, 0.3) is 17.0 Å². The first kappa shape index (κ1) is 14.0. The third-order valence-corrected chi connectivity index (χ3v) is 2.92. The van der Waals surface area contributed by atoms with Crippen LogP contribution in [0.5, 0.6) is 0 Å². The van der Waals surface area contributed by atoms with Gasteiger partial charge < -0.3 is 4.57 Å². The fourth-order valence-corrected chi connectivity index (χ4v) is 2.05. The van der Waals surface area contributed by atoms with Crippen LogP contribution in [0, 0.1) is 0 Å². The van der Waals surface area contributed by atoms with Crippen LogP contribution in [0.15, 0.2) is 61.0 Å². The van der Waals surface area contributed by atoms with Crippen molar-refractivity contribution in [2.24, 2.45) is 7.05 Å². The van der Waals surface area contributed by atoms with Crippen molar-refractivity contribution in [1.29, 1.82) is 0 Å². The minimum absolute atomic E-state index is 0.856. The molecule has 0 N–H and O–H groups in total. The molecule has 0 aliphatic rings. The zero-order valence-corrected chi connectivity index (χ0v) is 12.2. The summed E-state index contributed by atoms with van der Waals surface area (Å²) in [5, 5.41) is 0. The SMILES string of the molecule is C=C(/C=C(C)\C=C/C)c1nc(-c2ccccn2)cn1C. The molecule has 0 aromatic carbocycles. The molecule has 2 rings (SSSR count). The Bertz CT molecular complexity index is 661. The largest absolute Gasteiger partial charge is 0.333 e. The van der Waals surface area contributed by atoms with Gasteiger partial charge in [0.2, 0.25) is 0 Å². The van der Waals surface area contributed by atoms with Crippen LogP contribution < -0.4 is 0 Å². The third kappa shape index (κ3) is 3.12. The number of hydrogen-bond donors (Lipinski definition) is 0. The molecule has 3 heteroatoms. The van der Waals surface area contributed by atoms with E-state index < -0.39 is 0 Å². The summed E-state index contributed by atoms with van der Waals surface area (Å²) in [6, 6.07) is 5.81. The number of pyridine rings is 1. The predicted octanol–water partition coefficient (Wildman–Crippen LogP) is 4.02. The number of nitrogens with zero attached hydrogens (tertiary/aromatic N) is 3. The highest BCUT2D eigenvalue weighted by Gasteiger charge is 2.09. The van der Waals surface area contributed by atoms with Gasteiger partial charge >= 0.3 is 0 Å². The molecule has 20 heavy (non-hydrogen) atoms. The van der Waals surface area contributed by atoms with Gasteiger partial charge in [-0.25, -0.2) is 4.98 Å². The maximum Gasteiger partial charge on any atom is 0.139 e. The molecule has 0 atom stereocenters. The van der Waals surface area contributed by atoms with Crippen LogP contribution in [-0.4, -0.2) is 14.5 Å². The van der Waals surface area contributed by atoms with Crippen LogP contribution in [0.4, 0.5) is 0 Å². The fraction of sp³-hybridized carbons (Fsp3) is 0.176. The van der Waals surface area contributed by atoms with Gasteiger partial charge in [-0.15, -0.1) is 0 Å². The normalized spacial score (nSPS) is 12.1. The van der Waals surface area contributed by atoms with Crippen LogP contribution in [0.1, 0.15) is 19.7 Å². The van der Waals surface area contributed by atoms with Crippen LogP contribution in [-0.2, 0) is 7.05 Å². The minimum Gasteiger partial charge on any atom is -0.333 e. The lowest BCUT2D eigenvalue weighted by Crippen LogP contribution is -1.93. The number of aromatic nitrogens is 3. The summed E-state index contributed by atoms with van der Waals surface area (Å²) in [5.41, 5.74) is 3.78. The average Bonchev–Trinajstić information content (AvgIpc) is 2.82. The molecule has 3 nitrogen and oxygen atoms in total. The van der Waals surface area contributed by atoms with Crippen LogP contribution in [0.2, 0.25) is 0 Å². The highest BCUT2D eigenvalue weighted by molar-refractivity contribution is 5.71. The van der Waals surface area contributed by atoms with E-state index in [4.69, 9.17) is 0 Å². The number of hydrogen-bond acceptors (Lipinski definition) is 2. The van der Waals surface area contributed by atoms with Gasteiger partial charge in [0.15, 0.2) is 0 Å². The Hall–Kier alpha value is -2.42. The summed E-state index contributed by atoms with van der Waals surface area (Å²) in [6.07, 6.45) is 9.84. The molecule has 2 aromatic heterocycles. The first-order chi connectivity index (χ1) is 9.61. The molecule has 0 spiro atoms. The highest BCUT2D eigenvalue weighted by atomic mass is 15.1. The van der Waals surface area contributed by atoms with Crippen molar-refractivity contribution in [1.82, 2.24) is 14.5 Å². The molecule has 0 saturated heterocycles. The Kier molecular flexibility index (Phi) is 4.31. The Morgan fingerprint density at radius 1 is 1.30 bits per heavy atom. The van der Waals surface area contributed by atoms with Crippen molar-refractivity contribution in [2.45, 2.75) is 13.8 Å². The van der Waals surface area contributed by atoms with Crippen molar-refractivity contribution in [3.8, 4) is 11.4 Å². The smallest absolute Gasteiger partial charge is 0.139 e. The van der Waals surface area contributed by atoms with E-state index in [9.17, 15) is 0 Å². The highest BCUT2D eigenvalue weighted by Crippen LogP contribution is 2.20. The van der Waals surface area contributed by atoms with Gasteiger partial charge in [-0.3, -0.25) is 4.98 Å². The molecule has 102 valence electrons. The summed E-state index contributed by atoms with van der Waals surface area (Å²) >= 11 is 0. The van der Waals surface area contributed by atoms with E-state index in [0.717, 1.165) is 28.4 Å². The van der Waals surface area contributed by atoms with E-state index in [1.165, 1.54) is 0 Å². The first-order valence-electron chi connectivity index (χ1n) is 6.57. The predicted molar refractivity (Wildman–Crippen MR) is 84.0 cm³/mol. The monoisotopic (exact) mass is 265 g/mol. The van der Waals surface area contributed by atoms with E-state index in [1.54, 1.807) is 6.20 Å². The van der Waals surface area contributed by atoms with E-state index in [1.807, 2.05) is 68.1 Å². The lowest BCUT2D eigenvalue weighted by Gasteiger charge is -2.01. The maximum atomic E-state index is 4.63. The van der Waals surface area contributed by atoms with Crippen molar-refractivity contribution in [3.63, 3.8) is 0 Å². The summed E-state index contributed by atoms with van der Waals surface area (Å²) < 4.78 is 1.98. The van der Waals surface area contributed by atoms with Crippen molar-refractivity contribution in [3.05, 3.63) is 66.8 Å². The Labute approximate surface area is 120 Å². The van der Waals surface area contributed by atoms with Gasteiger partial charge in [0.25, 0.3) is 0 Å². The van der Waals surface area contributed by atoms with Gasteiger partial charge in [-0.1, -0.05) is 30.4 Å². The zero-order chi connectivity index (χ0) is 14.5. The molecule has 0 bridgehead atoms. The quantitative estimate of drug-likeness (QED) is 0.782. The molecule has 0 saturated carbocycles. The number of aryl methyl sites for hydroxylation is 1. The lowest BCUT2D eigenvalue weighted by molar-refractivity contribution is 0.892. The molecule has 0 amide bonds. The summed E-state index contributed by atoms with van der Waals surface area (Å²) in [4.78, 5) is 8.95. The Balaban J connectivity index is 2.33. The topological polar surface area (TPSA) is 30.7 Å². The molecular weight excluding hydrogens is 246 g/mol. The summed E-state index contributed by atoms with van der Waals surface area (Å²) in [5.74, 6) is 0.856. The van der Waals surface area contributed by atoms with Crippen molar-refractivity contribution >= 4 is 5.57 Å². The molecular formula is C17H19N3. The van der Waals surface area contributed by atoms with Gasteiger partial charge in [-0.05, 0) is 32.1 Å². The van der Waals surface area contributed by atoms with E-state index >= 15 is 0 Å². The molecule has 0 aliphatic carbocycles. The second kappa shape index (κ2) is 6.15. The van der Waals surface area contributed by atoms with Gasteiger partial charge in [0.05, 0.1) is 5.69 Å². The number of imidazole rings is 1. The van der Waals surface area contributed by atoms with E-state index in [0.29, 0.717) is 0 Å². The van der Waals surface area contributed by atoms with Crippen molar-refractivity contribution in [2.75, 3.05) is 0 Å². The fourth-order valence-electron chi connectivity index (χ4n) is 2.05. The Morgan fingerprint density at radius 3 is 2.75 bits per heavy atom. The van der Waals surface area contributed by atoms with Gasteiger partial charge in [-0.2, -0.15) is 0 Å². The number of rotatable bonds is 4. The van der Waals surface area contributed by atoms with Crippen molar-refractivity contribution < 1.29 is 0 Å². The molecule has 0 unspecified atom stereocenters. The zero-order valence-electron chi connectivity index (χ0n) is 12.2. The molecule has 0 radical (unpaired) electrons. The molecule has 0 aliphatic heterocycles. The third-order valence-electron chi connectivity index (χ3n) is 2.92. The molecule has 2 aromatic rings. The summed E-state index contributed by atoms with van der Waals surface area (Å²) in [6.45, 7) is 8.15. The lowest BCUT2D eigenvalue weighted by atomic mass is 10.1. The van der Waals surface area contributed by atoms with E-state index in [2.05, 4.69) is 16.5 Å². The first-order valence-corrected chi connectivity index (χ1v) is 6.57. The van der Waals surface area contributed by atoms with E-state index in [-0.39, 0.29) is 0 Å². The van der Waals surface area contributed by atoms with Gasteiger partial charge in [0, 0.05) is 25.0 Å². The Morgan fingerprint density at radius 2 is 2.10 bits per heavy atom. The minimum atomic E-state index is 0.856. The maximum absolute atomic E-state index is 4.63. The standard InChI is InChI=1S/C17H19N3/c1-5-8-13(2)11-14(3)17-19-16(12-20(17)4)15-9-6-7-10-18-15/h5-12H,3H2,1-2,4H3/b8-5-,13-11-. The molecule has 0 fully saturated rings. The summed E-state index contributed by atoms with van der Waals surface area (Å²) in [7, 11) is 1.97. The van der Waals surface area contributed by atoms with Gasteiger partial charge in [0.1, 0.15) is 11.5 Å². The second-order valence-electron chi connectivity index (χ2n) is 4.69. The second-order valence-corrected chi connectivity index (χ2v) is 4.69. The molecule has 2 heterocycles. The number of allylic oxidation sites excluding steroid dienone is 5. The van der Waals surface area contributed by atoms with Crippen LogP contribution in [0.3, 0.4) is 0 Å². The average molecular weight is 265 g/mol. The van der Waals surface area contributed by atoms with Crippen LogP contribution >= 0.6 is 0 Å².